The zero-order chi connectivity index (χ0) is 13.4. The van der Waals surface area contributed by atoms with Gasteiger partial charge in [0, 0.05) is 6.20 Å². The Morgan fingerprint density at radius 2 is 2.21 bits per heavy atom. The number of hydrogen-bond acceptors (Lipinski definition) is 3. The molecule has 3 aromatic rings. The van der Waals surface area contributed by atoms with Gasteiger partial charge in [-0.1, -0.05) is 0 Å². The Morgan fingerprint density at radius 3 is 3.05 bits per heavy atom. The first-order valence-corrected chi connectivity index (χ1v) is 5.72. The molecule has 2 aromatic heterocycles. The van der Waals surface area contributed by atoms with E-state index in [1.807, 2.05) is 0 Å². The Morgan fingerprint density at radius 1 is 1.37 bits per heavy atom. The van der Waals surface area contributed by atoms with Crippen LogP contribution in [0.25, 0.3) is 11.0 Å². The summed E-state index contributed by atoms with van der Waals surface area (Å²) in [6, 6.07) is 7.55. The van der Waals surface area contributed by atoms with Crippen molar-refractivity contribution in [3.63, 3.8) is 0 Å². The van der Waals surface area contributed by atoms with Gasteiger partial charge in [0.2, 0.25) is 0 Å². The summed E-state index contributed by atoms with van der Waals surface area (Å²) in [5, 5.41) is 0. The molecule has 0 bridgehead atoms. The van der Waals surface area contributed by atoms with Crippen LogP contribution in [0.3, 0.4) is 0 Å². The van der Waals surface area contributed by atoms with Crippen LogP contribution in [0.2, 0.25) is 0 Å². The third kappa shape index (κ3) is 2.08. The van der Waals surface area contributed by atoms with Gasteiger partial charge in [-0.3, -0.25) is 4.79 Å². The number of nitrogens with two attached hydrogens (primary N) is 1. The smallest absolute Gasteiger partial charge is 0.274 e. The standard InChI is InChI=1S/C13H11FN4O/c14-8-3-4-10-11(6-8)17-12(16-10)7-18-5-1-2-9(15)13(18)19/h1-6H,7,15H2,(H,16,17). The van der Waals surface area contributed by atoms with Crippen LogP contribution in [-0.2, 0) is 6.54 Å². The highest BCUT2D eigenvalue weighted by atomic mass is 19.1. The Kier molecular flexibility index (Phi) is 2.56. The number of anilines is 1. The van der Waals surface area contributed by atoms with E-state index in [1.165, 1.54) is 16.7 Å². The van der Waals surface area contributed by atoms with E-state index in [9.17, 15) is 9.18 Å². The number of aromatic amines is 1. The van der Waals surface area contributed by atoms with Crippen molar-refractivity contribution in [3.8, 4) is 0 Å². The average molecular weight is 258 g/mol. The number of nitrogen functional groups attached to an aromatic ring is 1. The number of fused-ring (bicyclic) bond motifs is 1. The SMILES string of the molecule is Nc1cccn(Cc2nc3ccc(F)cc3[nH]2)c1=O. The molecule has 0 aliphatic heterocycles. The molecular formula is C13H11FN4O. The predicted octanol–water partition coefficient (Wildman–Crippen LogP) is 1.49. The van der Waals surface area contributed by atoms with Gasteiger partial charge in [0.25, 0.3) is 5.56 Å². The third-order valence-corrected chi connectivity index (χ3v) is 2.86. The van der Waals surface area contributed by atoms with E-state index in [0.29, 0.717) is 16.9 Å². The molecular weight excluding hydrogens is 247 g/mol. The molecule has 0 atom stereocenters. The monoisotopic (exact) mass is 258 g/mol. The summed E-state index contributed by atoms with van der Waals surface area (Å²) < 4.78 is 14.5. The fourth-order valence-corrected chi connectivity index (χ4v) is 1.95. The van der Waals surface area contributed by atoms with Crippen LogP contribution in [-0.4, -0.2) is 14.5 Å². The molecule has 0 fully saturated rings. The predicted molar refractivity (Wildman–Crippen MR) is 70.3 cm³/mol. The van der Waals surface area contributed by atoms with Crippen LogP contribution in [0.1, 0.15) is 5.82 Å². The minimum absolute atomic E-state index is 0.185. The van der Waals surface area contributed by atoms with Crippen molar-refractivity contribution in [1.29, 1.82) is 0 Å². The normalized spacial score (nSPS) is 11.0. The molecule has 0 unspecified atom stereocenters. The summed E-state index contributed by atoms with van der Waals surface area (Å²) in [5.41, 5.74) is 6.74. The lowest BCUT2D eigenvalue weighted by Gasteiger charge is -2.03. The summed E-state index contributed by atoms with van der Waals surface area (Å²) in [5.74, 6) is 0.247. The van der Waals surface area contributed by atoms with Gasteiger partial charge < -0.3 is 15.3 Å². The maximum atomic E-state index is 13.1. The first kappa shape index (κ1) is 11.5. The molecule has 3 rings (SSSR count). The van der Waals surface area contributed by atoms with Crippen LogP contribution >= 0.6 is 0 Å². The minimum Gasteiger partial charge on any atom is -0.394 e. The summed E-state index contributed by atoms with van der Waals surface area (Å²) in [6.07, 6.45) is 1.63. The maximum absolute atomic E-state index is 13.1. The van der Waals surface area contributed by atoms with Crippen molar-refractivity contribution < 1.29 is 4.39 Å². The van der Waals surface area contributed by atoms with Crippen molar-refractivity contribution >= 4 is 16.7 Å². The Labute approximate surface area is 107 Å². The van der Waals surface area contributed by atoms with Crippen LogP contribution in [0.15, 0.2) is 41.3 Å². The van der Waals surface area contributed by atoms with Gasteiger partial charge in [-0.15, -0.1) is 0 Å². The number of hydrogen-bond donors (Lipinski definition) is 2. The van der Waals surface area contributed by atoms with Gasteiger partial charge in [-0.2, -0.15) is 0 Å². The number of H-pyrrole nitrogens is 1. The van der Waals surface area contributed by atoms with Crippen molar-refractivity contribution in [3.05, 3.63) is 58.5 Å². The second kappa shape index (κ2) is 4.24. The number of nitrogens with zero attached hydrogens (tertiary/aromatic N) is 2. The highest BCUT2D eigenvalue weighted by Crippen LogP contribution is 2.13. The Hall–Kier alpha value is -2.63. The van der Waals surface area contributed by atoms with Crippen molar-refractivity contribution in [1.82, 2.24) is 14.5 Å². The number of halogens is 1. The minimum atomic E-state index is -0.330. The van der Waals surface area contributed by atoms with E-state index in [4.69, 9.17) is 5.73 Å². The number of benzene rings is 1. The third-order valence-electron chi connectivity index (χ3n) is 2.86. The molecule has 0 saturated heterocycles. The molecule has 0 spiro atoms. The van der Waals surface area contributed by atoms with Crippen LogP contribution in [0.4, 0.5) is 10.1 Å². The summed E-state index contributed by atoms with van der Waals surface area (Å²) in [6.45, 7) is 0.264. The zero-order valence-electron chi connectivity index (χ0n) is 9.93. The second-order valence-corrected chi connectivity index (χ2v) is 4.24. The van der Waals surface area contributed by atoms with Gasteiger partial charge in [0.1, 0.15) is 11.6 Å². The van der Waals surface area contributed by atoms with Gasteiger partial charge in [-0.25, -0.2) is 9.37 Å². The topological polar surface area (TPSA) is 76.7 Å². The highest BCUT2D eigenvalue weighted by Gasteiger charge is 2.06. The maximum Gasteiger partial charge on any atom is 0.274 e. The first-order valence-electron chi connectivity index (χ1n) is 5.72. The molecule has 0 aliphatic rings. The molecule has 0 amide bonds. The molecule has 3 N–H and O–H groups in total. The van der Waals surface area contributed by atoms with E-state index >= 15 is 0 Å². The number of pyridine rings is 1. The van der Waals surface area contributed by atoms with Gasteiger partial charge in [0.15, 0.2) is 0 Å². The largest absolute Gasteiger partial charge is 0.394 e. The fourth-order valence-electron chi connectivity index (χ4n) is 1.95. The lowest BCUT2D eigenvalue weighted by atomic mass is 10.3. The van der Waals surface area contributed by atoms with Crippen molar-refractivity contribution in [2.75, 3.05) is 5.73 Å². The number of rotatable bonds is 2. The lowest BCUT2D eigenvalue weighted by Crippen LogP contribution is -2.22. The van der Waals surface area contributed by atoms with Gasteiger partial charge in [-0.05, 0) is 30.3 Å². The van der Waals surface area contributed by atoms with Crippen molar-refractivity contribution in [2.45, 2.75) is 6.54 Å². The molecule has 1 aromatic carbocycles. The van der Waals surface area contributed by atoms with Crippen LogP contribution < -0.4 is 11.3 Å². The Bertz CT molecular complexity index is 806. The number of aromatic nitrogens is 3. The molecule has 6 heteroatoms. The summed E-state index contributed by atoms with van der Waals surface area (Å²) in [7, 11) is 0. The van der Waals surface area contributed by atoms with E-state index in [0.717, 1.165) is 0 Å². The molecule has 96 valence electrons. The van der Waals surface area contributed by atoms with Crippen molar-refractivity contribution in [2.24, 2.45) is 0 Å². The van der Waals surface area contributed by atoms with E-state index in [2.05, 4.69) is 9.97 Å². The van der Waals surface area contributed by atoms with E-state index in [1.54, 1.807) is 24.4 Å². The average Bonchev–Trinajstić information content (AvgIpc) is 2.76. The lowest BCUT2D eigenvalue weighted by molar-refractivity contribution is 0.629. The number of imidazole rings is 1. The number of nitrogens with one attached hydrogen (secondary N) is 1. The van der Waals surface area contributed by atoms with Gasteiger partial charge >= 0.3 is 0 Å². The molecule has 0 aliphatic carbocycles. The van der Waals surface area contributed by atoms with Crippen LogP contribution in [0, 0.1) is 5.82 Å². The quantitative estimate of drug-likeness (QED) is 0.731. The van der Waals surface area contributed by atoms with E-state index < -0.39 is 0 Å². The van der Waals surface area contributed by atoms with Crippen LogP contribution in [0.5, 0.6) is 0 Å². The molecule has 0 radical (unpaired) electrons. The highest BCUT2D eigenvalue weighted by molar-refractivity contribution is 5.74. The first-order chi connectivity index (χ1) is 9.13. The fraction of sp³-hybridized carbons (Fsp3) is 0.0769. The van der Waals surface area contributed by atoms with E-state index in [-0.39, 0.29) is 23.6 Å². The molecule has 0 saturated carbocycles. The van der Waals surface area contributed by atoms with Gasteiger partial charge in [0.05, 0.1) is 23.3 Å². The zero-order valence-corrected chi connectivity index (χ0v) is 9.93. The summed E-state index contributed by atoms with van der Waals surface area (Å²) in [4.78, 5) is 19.1. The Balaban J connectivity index is 2.01. The molecule has 2 heterocycles. The second-order valence-electron chi connectivity index (χ2n) is 4.24. The molecule has 19 heavy (non-hydrogen) atoms. The molecule has 5 nitrogen and oxygen atoms in total. The summed E-state index contributed by atoms with van der Waals surface area (Å²) >= 11 is 0.